The van der Waals surface area contributed by atoms with Gasteiger partial charge in [0.1, 0.15) is 0 Å². The van der Waals surface area contributed by atoms with E-state index in [1.807, 2.05) is 24.3 Å². The van der Waals surface area contributed by atoms with Gasteiger partial charge in [0.25, 0.3) is 0 Å². The van der Waals surface area contributed by atoms with Gasteiger partial charge >= 0.3 is 0 Å². The van der Waals surface area contributed by atoms with Gasteiger partial charge in [0, 0.05) is 5.02 Å². The monoisotopic (exact) mass is 176 g/mol. The van der Waals surface area contributed by atoms with Crippen molar-refractivity contribution in [1.29, 1.82) is 0 Å². The fraction of sp³-hybridized carbons (Fsp3) is 0.0909. The molecule has 1 aromatic carbocycles. The SMILES string of the molecule is Clc1ccc(C2=CCC=C2)cc1. The molecule has 1 aliphatic carbocycles. The van der Waals surface area contributed by atoms with E-state index in [4.69, 9.17) is 11.6 Å². The van der Waals surface area contributed by atoms with Gasteiger partial charge in [-0.3, -0.25) is 0 Å². The van der Waals surface area contributed by atoms with Crippen molar-refractivity contribution in [3.05, 3.63) is 53.1 Å². The van der Waals surface area contributed by atoms with E-state index in [0.29, 0.717) is 0 Å². The van der Waals surface area contributed by atoms with Crippen LogP contribution in [0.2, 0.25) is 5.02 Å². The summed E-state index contributed by atoms with van der Waals surface area (Å²) < 4.78 is 0. The number of allylic oxidation sites excluding steroid dienone is 4. The molecule has 1 heteroatoms. The van der Waals surface area contributed by atoms with Crippen LogP contribution in [0.5, 0.6) is 0 Å². The minimum atomic E-state index is 0.793. The molecule has 0 amide bonds. The van der Waals surface area contributed by atoms with E-state index in [0.717, 1.165) is 11.4 Å². The van der Waals surface area contributed by atoms with Gasteiger partial charge in [0.2, 0.25) is 0 Å². The van der Waals surface area contributed by atoms with Gasteiger partial charge in [-0.25, -0.2) is 0 Å². The van der Waals surface area contributed by atoms with E-state index in [1.54, 1.807) is 0 Å². The van der Waals surface area contributed by atoms with Crippen molar-refractivity contribution in [2.24, 2.45) is 0 Å². The highest BCUT2D eigenvalue weighted by molar-refractivity contribution is 6.30. The molecule has 0 aromatic heterocycles. The Morgan fingerprint density at radius 1 is 1.08 bits per heavy atom. The second kappa shape index (κ2) is 3.16. The molecule has 0 N–H and O–H groups in total. The first-order valence-corrected chi connectivity index (χ1v) is 4.37. The Kier molecular flexibility index (Phi) is 2.01. The zero-order chi connectivity index (χ0) is 8.39. The van der Waals surface area contributed by atoms with Crippen LogP contribution in [0.15, 0.2) is 42.5 Å². The van der Waals surface area contributed by atoms with Crippen molar-refractivity contribution in [2.45, 2.75) is 6.42 Å². The number of hydrogen-bond acceptors (Lipinski definition) is 0. The summed E-state index contributed by atoms with van der Waals surface area (Å²) in [5.41, 5.74) is 2.54. The Bertz CT molecular complexity index is 331. The van der Waals surface area contributed by atoms with Crippen LogP contribution in [-0.4, -0.2) is 0 Å². The van der Waals surface area contributed by atoms with Crippen LogP contribution < -0.4 is 0 Å². The Morgan fingerprint density at radius 2 is 1.83 bits per heavy atom. The summed E-state index contributed by atoms with van der Waals surface area (Å²) in [6.45, 7) is 0. The molecule has 60 valence electrons. The van der Waals surface area contributed by atoms with Crippen LogP contribution in [0.4, 0.5) is 0 Å². The lowest BCUT2D eigenvalue weighted by Crippen LogP contribution is -1.76. The lowest BCUT2D eigenvalue weighted by Gasteiger charge is -1.98. The number of halogens is 1. The van der Waals surface area contributed by atoms with Gasteiger partial charge in [0.05, 0.1) is 0 Å². The highest BCUT2D eigenvalue weighted by atomic mass is 35.5. The molecule has 0 unspecified atom stereocenters. The van der Waals surface area contributed by atoms with Gasteiger partial charge in [-0.05, 0) is 29.7 Å². The molecule has 0 nitrogen and oxygen atoms in total. The first-order chi connectivity index (χ1) is 5.86. The Morgan fingerprint density at radius 3 is 2.42 bits per heavy atom. The normalized spacial score (nSPS) is 14.9. The Balaban J connectivity index is 2.35. The lowest BCUT2D eigenvalue weighted by molar-refractivity contribution is 1.45. The predicted molar refractivity (Wildman–Crippen MR) is 53.2 cm³/mol. The molecular weight excluding hydrogens is 168 g/mol. The van der Waals surface area contributed by atoms with Crippen LogP contribution in [0.1, 0.15) is 12.0 Å². The summed E-state index contributed by atoms with van der Waals surface area (Å²) in [6, 6.07) is 7.93. The van der Waals surface area contributed by atoms with E-state index in [9.17, 15) is 0 Å². The largest absolute Gasteiger partial charge is 0.0843 e. The smallest absolute Gasteiger partial charge is 0.0406 e. The quantitative estimate of drug-likeness (QED) is 0.613. The third-order valence-electron chi connectivity index (χ3n) is 1.95. The first-order valence-electron chi connectivity index (χ1n) is 3.99. The number of hydrogen-bond donors (Lipinski definition) is 0. The molecule has 0 saturated carbocycles. The summed E-state index contributed by atoms with van der Waals surface area (Å²) in [7, 11) is 0. The molecule has 2 rings (SSSR count). The molecule has 12 heavy (non-hydrogen) atoms. The molecule has 0 heterocycles. The summed E-state index contributed by atoms with van der Waals surface area (Å²) in [6.07, 6.45) is 7.56. The third-order valence-corrected chi connectivity index (χ3v) is 2.20. The van der Waals surface area contributed by atoms with E-state index in [-0.39, 0.29) is 0 Å². The van der Waals surface area contributed by atoms with E-state index in [1.165, 1.54) is 11.1 Å². The average molecular weight is 177 g/mol. The number of rotatable bonds is 1. The first kappa shape index (κ1) is 7.63. The van der Waals surface area contributed by atoms with Crippen molar-refractivity contribution in [3.63, 3.8) is 0 Å². The van der Waals surface area contributed by atoms with E-state index in [2.05, 4.69) is 18.2 Å². The van der Waals surface area contributed by atoms with Gasteiger partial charge in [0.15, 0.2) is 0 Å². The van der Waals surface area contributed by atoms with Gasteiger partial charge in [-0.1, -0.05) is 42.0 Å². The minimum Gasteiger partial charge on any atom is -0.0843 e. The van der Waals surface area contributed by atoms with E-state index < -0.39 is 0 Å². The van der Waals surface area contributed by atoms with Crippen molar-refractivity contribution < 1.29 is 0 Å². The van der Waals surface area contributed by atoms with E-state index >= 15 is 0 Å². The van der Waals surface area contributed by atoms with Crippen molar-refractivity contribution in [2.75, 3.05) is 0 Å². The standard InChI is InChI=1S/C11H9Cl/c12-11-7-5-10(6-8-11)9-3-1-2-4-9/h1,3-8H,2H2. The van der Waals surface area contributed by atoms with Gasteiger partial charge in [-0.15, -0.1) is 0 Å². The Labute approximate surface area is 77.2 Å². The van der Waals surface area contributed by atoms with Crippen LogP contribution in [0.25, 0.3) is 5.57 Å². The highest BCUT2D eigenvalue weighted by Gasteiger charge is 2.00. The molecule has 0 radical (unpaired) electrons. The second-order valence-electron chi connectivity index (χ2n) is 2.80. The number of benzene rings is 1. The zero-order valence-corrected chi connectivity index (χ0v) is 7.38. The van der Waals surface area contributed by atoms with Crippen molar-refractivity contribution in [1.82, 2.24) is 0 Å². The second-order valence-corrected chi connectivity index (χ2v) is 3.24. The summed E-state index contributed by atoms with van der Waals surface area (Å²) >= 11 is 5.78. The molecule has 0 fully saturated rings. The molecule has 1 aliphatic rings. The maximum Gasteiger partial charge on any atom is 0.0406 e. The lowest BCUT2D eigenvalue weighted by atomic mass is 10.1. The third kappa shape index (κ3) is 1.44. The van der Waals surface area contributed by atoms with Gasteiger partial charge in [-0.2, -0.15) is 0 Å². The maximum absolute atomic E-state index is 5.78. The van der Waals surface area contributed by atoms with Gasteiger partial charge < -0.3 is 0 Å². The average Bonchev–Trinajstić information content (AvgIpc) is 2.58. The van der Waals surface area contributed by atoms with Crippen LogP contribution in [0.3, 0.4) is 0 Å². The fourth-order valence-electron chi connectivity index (χ4n) is 1.31. The summed E-state index contributed by atoms with van der Waals surface area (Å²) in [5, 5.41) is 0.793. The molecule has 0 atom stereocenters. The topological polar surface area (TPSA) is 0 Å². The van der Waals surface area contributed by atoms with Crippen LogP contribution in [0, 0.1) is 0 Å². The minimum absolute atomic E-state index is 0.793. The summed E-state index contributed by atoms with van der Waals surface area (Å²) in [5.74, 6) is 0. The predicted octanol–water partition coefficient (Wildman–Crippen LogP) is 3.68. The van der Waals surface area contributed by atoms with Crippen LogP contribution in [-0.2, 0) is 0 Å². The maximum atomic E-state index is 5.78. The fourth-order valence-corrected chi connectivity index (χ4v) is 1.44. The molecule has 0 spiro atoms. The molecule has 1 aromatic rings. The zero-order valence-electron chi connectivity index (χ0n) is 6.63. The molecule has 0 bridgehead atoms. The van der Waals surface area contributed by atoms with Crippen molar-refractivity contribution >= 4 is 17.2 Å². The van der Waals surface area contributed by atoms with Crippen LogP contribution >= 0.6 is 11.6 Å². The molecule has 0 aliphatic heterocycles. The molecule has 0 saturated heterocycles. The summed E-state index contributed by atoms with van der Waals surface area (Å²) in [4.78, 5) is 0. The highest BCUT2D eigenvalue weighted by Crippen LogP contribution is 2.22. The molecular formula is C11H9Cl. The Hall–Kier alpha value is -1.01. The van der Waals surface area contributed by atoms with Crippen molar-refractivity contribution in [3.8, 4) is 0 Å².